The molecule has 0 saturated heterocycles. The molecule has 0 spiro atoms. The number of sulfonamides is 1. The average molecular weight is 452 g/mol. The van der Waals surface area contributed by atoms with Crippen molar-refractivity contribution in [2.24, 2.45) is 7.05 Å². The van der Waals surface area contributed by atoms with Crippen LogP contribution in [0.5, 0.6) is 0 Å². The summed E-state index contributed by atoms with van der Waals surface area (Å²) in [6.07, 6.45) is -3.72. The molecule has 1 aromatic carbocycles. The van der Waals surface area contributed by atoms with Crippen LogP contribution in [0.3, 0.4) is 0 Å². The molecule has 0 bridgehead atoms. The van der Waals surface area contributed by atoms with Crippen LogP contribution in [0.15, 0.2) is 41.6 Å². The summed E-state index contributed by atoms with van der Waals surface area (Å²) in [7, 11) is -3.11. The highest BCUT2D eigenvalue weighted by Gasteiger charge is 2.57. The van der Waals surface area contributed by atoms with Gasteiger partial charge < -0.3 is 15.0 Å². The summed E-state index contributed by atoms with van der Waals surface area (Å²) in [6.45, 7) is 0.510. The second kappa shape index (κ2) is 8.70. The van der Waals surface area contributed by atoms with E-state index in [0.29, 0.717) is 0 Å². The maximum Gasteiger partial charge on any atom is 0.424 e. The molecule has 1 heterocycles. The van der Waals surface area contributed by atoms with Gasteiger partial charge >= 0.3 is 6.18 Å². The number of benzene rings is 1. The van der Waals surface area contributed by atoms with Crippen molar-refractivity contribution in [3.05, 3.63) is 48.3 Å². The van der Waals surface area contributed by atoms with Crippen LogP contribution in [0.25, 0.3) is 0 Å². The first-order chi connectivity index (χ1) is 13.8. The van der Waals surface area contributed by atoms with Gasteiger partial charge in [-0.1, -0.05) is 12.1 Å². The fraction of sp³-hybridized carbons (Fsp3) is 0.412. The predicted molar refractivity (Wildman–Crippen MR) is 97.0 cm³/mol. The van der Waals surface area contributed by atoms with Gasteiger partial charge in [0, 0.05) is 32.4 Å². The van der Waals surface area contributed by atoms with E-state index in [9.17, 15) is 35.9 Å². The number of aromatic nitrogens is 2. The van der Waals surface area contributed by atoms with Crippen molar-refractivity contribution < 1.29 is 35.9 Å². The smallest absolute Gasteiger partial charge is 0.374 e. The third-order valence-electron chi connectivity index (χ3n) is 4.30. The van der Waals surface area contributed by atoms with Gasteiger partial charge in [0.05, 0.1) is 6.04 Å². The molecule has 2 rings (SSSR count). The van der Waals surface area contributed by atoms with Crippen LogP contribution in [-0.2, 0) is 27.5 Å². The second-order valence-corrected chi connectivity index (χ2v) is 8.22. The molecule has 2 aromatic rings. The van der Waals surface area contributed by atoms with Crippen LogP contribution in [-0.4, -0.2) is 47.7 Å². The molecular weight excluding hydrogens is 432 g/mol. The lowest BCUT2D eigenvalue weighted by molar-refractivity contribution is -0.272. The SMILES string of the molecule is C[C@H](NS(=O)(=O)c1ccccc1F)C(=O)NCCC(O)(c1nccn1C)C(F)(F)F. The van der Waals surface area contributed by atoms with Gasteiger partial charge in [0.1, 0.15) is 16.5 Å². The number of imidazole rings is 1. The summed E-state index contributed by atoms with van der Waals surface area (Å²) < 4.78 is 81.3. The molecule has 3 N–H and O–H groups in total. The highest BCUT2D eigenvalue weighted by atomic mass is 32.2. The number of hydrogen-bond acceptors (Lipinski definition) is 5. The number of halogens is 4. The van der Waals surface area contributed by atoms with Gasteiger partial charge in [-0.15, -0.1) is 0 Å². The van der Waals surface area contributed by atoms with Crippen molar-refractivity contribution in [1.29, 1.82) is 0 Å². The number of aryl methyl sites for hydroxylation is 1. The third-order valence-corrected chi connectivity index (χ3v) is 5.87. The lowest BCUT2D eigenvalue weighted by Gasteiger charge is -2.30. The molecular formula is C17H20F4N4O4S. The van der Waals surface area contributed by atoms with Crippen molar-refractivity contribution in [1.82, 2.24) is 19.6 Å². The summed E-state index contributed by atoms with van der Waals surface area (Å²) in [4.78, 5) is 15.0. The Kier molecular flexibility index (Phi) is 6.89. The number of nitrogens with zero attached hydrogens (tertiary/aromatic N) is 2. The minimum atomic E-state index is -5.07. The Morgan fingerprint density at radius 3 is 2.47 bits per heavy atom. The lowest BCUT2D eigenvalue weighted by atomic mass is 9.97. The molecule has 0 fully saturated rings. The topological polar surface area (TPSA) is 113 Å². The zero-order valence-corrected chi connectivity index (χ0v) is 16.8. The van der Waals surface area contributed by atoms with Gasteiger partial charge in [-0.05, 0) is 19.1 Å². The first kappa shape index (κ1) is 23.8. The number of carbonyl (C=O) groups excluding carboxylic acids is 1. The van der Waals surface area contributed by atoms with Crippen molar-refractivity contribution in [3.8, 4) is 0 Å². The van der Waals surface area contributed by atoms with Gasteiger partial charge in [-0.25, -0.2) is 17.8 Å². The molecule has 8 nitrogen and oxygen atoms in total. The van der Waals surface area contributed by atoms with Gasteiger partial charge in [0.2, 0.25) is 21.5 Å². The average Bonchev–Trinajstić information content (AvgIpc) is 3.06. The quantitative estimate of drug-likeness (QED) is 0.521. The largest absolute Gasteiger partial charge is 0.424 e. The molecule has 1 aromatic heterocycles. The molecule has 13 heteroatoms. The number of nitrogens with one attached hydrogen (secondary N) is 2. The van der Waals surface area contributed by atoms with Crippen LogP contribution >= 0.6 is 0 Å². The Bertz CT molecular complexity index is 1010. The number of aliphatic hydroxyl groups is 1. The van der Waals surface area contributed by atoms with Gasteiger partial charge in [-0.3, -0.25) is 4.79 Å². The number of hydrogen-bond donors (Lipinski definition) is 3. The van der Waals surface area contributed by atoms with E-state index >= 15 is 0 Å². The zero-order chi connectivity index (χ0) is 22.7. The summed E-state index contributed by atoms with van der Waals surface area (Å²) in [5.74, 6) is -2.64. The van der Waals surface area contributed by atoms with Gasteiger partial charge in [0.25, 0.3) is 0 Å². The fourth-order valence-corrected chi connectivity index (χ4v) is 3.96. The summed E-state index contributed by atoms with van der Waals surface area (Å²) in [5, 5.41) is 12.3. The minimum Gasteiger partial charge on any atom is -0.374 e. The molecule has 1 amide bonds. The van der Waals surface area contributed by atoms with Crippen molar-refractivity contribution >= 4 is 15.9 Å². The molecule has 0 aliphatic heterocycles. The Morgan fingerprint density at radius 1 is 1.30 bits per heavy atom. The maximum atomic E-state index is 13.7. The zero-order valence-electron chi connectivity index (χ0n) is 15.9. The predicted octanol–water partition coefficient (Wildman–Crippen LogP) is 1.18. The molecule has 0 saturated carbocycles. The van der Waals surface area contributed by atoms with E-state index in [2.05, 4.69) is 10.3 Å². The van der Waals surface area contributed by atoms with E-state index < -0.39 is 63.3 Å². The van der Waals surface area contributed by atoms with Gasteiger partial charge in [0.15, 0.2) is 0 Å². The highest BCUT2D eigenvalue weighted by molar-refractivity contribution is 7.89. The van der Waals surface area contributed by atoms with E-state index in [0.717, 1.165) is 29.8 Å². The van der Waals surface area contributed by atoms with Crippen LogP contribution in [0.4, 0.5) is 17.6 Å². The highest BCUT2D eigenvalue weighted by Crippen LogP contribution is 2.40. The van der Waals surface area contributed by atoms with E-state index in [-0.39, 0.29) is 0 Å². The van der Waals surface area contributed by atoms with Crippen molar-refractivity contribution in [2.75, 3.05) is 6.54 Å². The third kappa shape index (κ3) is 4.96. The Balaban J connectivity index is 2.04. The summed E-state index contributed by atoms with van der Waals surface area (Å²) in [6, 6.07) is 3.08. The van der Waals surface area contributed by atoms with E-state index in [1.807, 2.05) is 4.72 Å². The molecule has 1 unspecified atom stereocenters. The van der Waals surface area contributed by atoms with Crippen molar-refractivity contribution in [2.45, 2.75) is 36.1 Å². The standard InChI is InChI=1S/C17H20F4N4O4S/c1-11(24-30(28,29)13-6-4-3-5-12(13)18)14(26)22-8-7-16(27,17(19,20)21)15-23-9-10-25(15)2/h3-6,9-11,24,27H,7-8H2,1-2H3,(H,22,26)/t11-,16?/m0/s1. The summed E-state index contributed by atoms with van der Waals surface area (Å²) in [5.41, 5.74) is -3.32. The van der Waals surface area contributed by atoms with Crippen molar-refractivity contribution in [3.63, 3.8) is 0 Å². The minimum absolute atomic E-state index is 0.631. The van der Waals surface area contributed by atoms with Crippen LogP contribution in [0, 0.1) is 5.82 Å². The Labute approximate surface area is 170 Å². The number of rotatable bonds is 8. The van der Waals surface area contributed by atoms with E-state index in [4.69, 9.17) is 0 Å². The molecule has 0 radical (unpaired) electrons. The van der Waals surface area contributed by atoms with E-state index in [1.54, 1.807) is 0 Å². The van der Waals surface area contributed by atoms with Gasteiger partial charge in [-0.2, -0.15) is 17.9 Å². The number of carbonyl (C=O) groups is 1. The Hall–Kier alpha value is -2.51. The molecule has 0 aliphatic rings. The maximum absolute atomic E-state index is 13.7. The first-order valence-electron chi connectivity index (χ1n) is 8.61. The lowest BCUT2D eigenvalue weighted by Crippen LogP contribution is -2.49. The summed E-state index contributed by atoms with van der Waals surface area (Å²) >= 11 is 0. The van der Waals surface area contributed by atoms with Crippen LogP contribution in [0.1, 0.15) is 19.2 Å². The molecule has 30 heavy (non-hydrogen) atoms. The second-order valence-electron chi connectivity index (χ2n) is 6.53. The van der Waals surface area contributed by atoms with E-state index in [1.165, 1.54) is 25.4 Å². The first-order valence-corrected chi connectivity index (χ1v) is 10.1. The number of alkyl halides is 3. The van der Waals surface area contributed by atoms with Crippen LogP contribution in [0.2, 0.25) is 0 Å². The molecule has 2 atom stereocenters. The Morgan fingerprint density at radius 2 is 1.93 bits per heavy atom. The molecule has 166 valence electrons. The van der Waals surface area contributed by atoms with Crippen LogP contribution < -0.4 is 10.0 Å². The monoisotopic (exact) mass is 452 g/mol. The number of amides is 1. The molecule has 0 aliphatic carbocycles. The fourth-order valence-electron chi connectivity index (χ4n) is 2.68. The normalized spacial score (nSPS) is 15.4.